The van der Waals surface area contributed by atoms with Crippen LogP contribution in [0.2, 0.25) is 0 Å². The highest BCUT2D eigenvalue weighted by atomic mass is 16.4. The molecule has 2 aromatic rings. The Bertz CT molecular complexity index is 475. The lowest BCUT2D eigenvalue weighted by atomic mass is 10.0. The third kappa shape index (κ3) is 1.25. The monoisotopic (exact) mass is 191 g/mol. The third-order valence-electron chi connectivity index (χ3n) is 2.23. The Morgan fingerprint density at radius 1 is 1.57 bits per heavy atom. The van der Waals surface area contributed by atoms with Gasteiger partial charge in [0.1, 0.15) is 5.52 Å². The van der Waals surface area contributed by atoms with Crippen LogP contribution in [-0.4, -0.2) is 16.1 Å². The Morgan fingerprint density at radius 2 is 2.36 bits per heavy atom. The van der Waals surface area contributed by atoms with Gasteiger partial charge in [-0.05, 0) is 18.6 Å². The normalized spacial score (nSPS) is 12.9. The van der Waals surface area contributed by atoms with Crippen LogP contribution in [0.15, 0.2) is 29.0 Å². The molecule has 14 heavy (non-hydrogen) atoms. The summed E-state index contributed by atoms with van der Waals surface area (Å²) >= 11 is 0. The van der Waals surface area contributed by atoms with Crippen molar-refractivity contribution in [3.05, 3.63) is 30.2 Å². The van der Waals surface area contributed by atoms with E-state index in [0.717, 1.165) is 0 Å². The maximum absolute atomic E-state index is 10.8. The van der Waals surface area contributed by atoms with Crippen molar-refractivity contribution in [2.75, 3.05) is 0 Å². The summed E-state index contributed by atoms with van der Waals surface area (Å²) in [5.74, 6) is -1.43. The van der Waals surface area contributed by atoms with E-state index < -0.39 is 11.9 Å². The zero-order chi connectivity index (χ0) is 10.1. The van der Waals surface area contributed by atoms with E-state index in [-0.39, 0.29) is 0 Å². The van der Waals surface area contributed by atoms with Crippen molar-refractivity contribution in [2.45, 2.75) is 12.8 Å². The van der Waals surface area contributed by atoms with Crippen LogP contribution in [0, 0.1) is 0 Å². The molecule has 0 aliphatic carbocycles. The molecule has 0 fully saturated rings. The van der Waals surface area contributed by atoms with Crippen LogP contribution >= 0.6 is 0 Å². The number of aromatic nitrogens is 1. The first-order chi connectivity index (χ1) is 6.70. The van der Waals surface area contributed by atoms with Crippen LogP contribution in [0.5, 0.6) is 0 Å². The predicted molar refractivity (Wildman–Crippen MR) is 50.1 cm³/mol. The van der Waals surface area contributed by atoms with Crippen molar-refractivity contribution in [3.63, 3.8) is 0 Å². The summed E-state index contributed by atoms with van der Waals surface area (Å²) in [6.45, 7) is 1.63. The van der Waals surface area contributed by atoms with Crippen molar-refractivity contribution in [1.82, 2.24) is 4.98 Å². The summed E-state index contributed by atoms with van der Waals surface area (Å²) in [4.78, 5) is 14.8. The summed E-state index contributed by atoms with van der Waals surface area (Å²) in [6.07, 6.45) is 1.32. The molecule has 0 amide bonds. The standard InChI is InChI=1S/C10H9NO3/c1-6(10(12)13)7-3-2-4-8-9(7)11-5-14-8/h2-6H,1H3,(H,12,13)/t6-/m1/s1. The molecule has 0 aliphatic heterocycles. The number of hydrogen-bond donors (Lipinski definition) is 1. The molecule has 2 rings (SSSR count). The minimum atomic E-state index is -0.861. The maximum Gasteiger partial charge on any atom is 0.310 e. The lowest BCUT2D eigenvalue weighted by Gasteiger charge is -2.05. The Morgan fingerprint density at radius 3 is 3.07 bits per heavy atom. The van der Waals surface area contributed by atoms with Crippen molar-refractivity contribution in [2.24, 2.45) is 0 Å². The minimum absolute atomic E-state index is 0.566. The number of para-hydroxylation sites is 1. The van der Waals surface area contributed by atoms with E-state index in [0.29, 0.717) is 16.7 Å². The van der Waals surface area contributed by atoms with Gasteiger partial charge in [0.05, 0.1) is 5.92 Å². The second-order valence-electron chi connectivity index (χ2n) is 3.11. The maximum atomic E-state index is 10.8. The molecule has 4 nitrogen and oxygen atoms in total. The average molecular weight is 191 g/mol. The van der Waals surface area contributed by atoms with Gasteiger partial charge in [-0.15, -0.1) is 0 Å². The summed E-state index contributed by atoms with van der Waals surface area (Å²) in [7, 11) is 0. The van der Waals surface area contributed by atoms with Crippen molar-refractivity contribution >= 4 is 17.1 Å². The SMILES string of the molecule is C[C@@H](C(=O)O)c1cccc2ocnc12. The quantitative estimate of drug-likeness (QED) is 0.788. The number of hydrogen-bond acceptors (Lipinski definition) is 3. The molecule has 1 N–H and O–H groups in total. The highest BCUT2D eigenvalue weighted by molar-refractivity contribution is 5.84. The Balaban J connectivity index is 2.61. The number of nitrogens with zero attached hydrogens (tertiary/aromatic N) is 1. The van der Waals surface area contributed by atoms with Crippen LogP contribution < -0.4 is 0 Å². The molecule has 0 radical (unpaired) electrons. The van der Waals surface area contributed by atoms with Crippen molar-refractivity contribution < 1.29 is 14.3 Å². The molecular formula is C10H9NO3. The van der Waals surface area contributed by atoms with Crippen molar-refractivity contribution in [3.8, 4) is 0 Å². The first-order valence-corrected chi connectivity index (χ1v) is 4.25. The molecular weight excluding hydrogens is 182 g/mol. The van der Waals surface area contributed by atoms with Crippen LogP contribution in [0.3, 0.4) is 0 Å². The molecule has 1 atom stereocenters. The first kappa shape index (κ1) is 8.74. The Kier molecular flexibility index (Phi) is 1.96. The molecule has 4 heteroatoms. The first-order valence-electron chi connectivity index (χ1n) is 4.25. The largest absolute Gasteiger partial charge is 0.481 e. The van der Waals surface area contributed by atoms with Gasteiger partial charge in [0.25, 0.3) is 0 Å². The number of benzene rings is 1. The van der Waals surface area contributed by atoms with Gasteiger partial charge in [-0.2, -0.15) is 0 Å². The average Bonchev–Trinajstić information content (AvgIpc) is 2.63. The Labute approximate surface area is 80.2 Å². The summed E-state index contributed by atoms with van der Waals surface area (Å²) in [5.41, 5.74) is 1.93. The third-order valence-corrected chi connectivity index (χ3v) is 2.23. The highest BCUT2D eigenvalue weighted by Gasteiger charge is 2.17. The zero-order valence-electron chi connectivity index (χ0n) is 7.60. The van der Waals surface area contributed by atoms with Gasteiger partial charge in [0.2, 0.25) is 0 Å². The van der Waals surface area contributed by atoms with Gasteiger partial charge < -0.3 is 9.52 Å². The minimum Gasteiger partial charge on any atom is -0.481 e. The number of oxazole rings is 1. The molecule has 0 saturated carbocycles. The fraction of sp³-hybridized carbons (Fsp3) is 0.200. The lowest BCUT2D eigenvalue weighted by molar-refractivity contribution is -0.138. The lowest BCUT2D eigenvalue weighted by Crippen LogP contribution is -2.07. The summed E-state index contributed by atoms with van der Waals surface area (Å²) in [6, 6.07) is 5.28. The molecule has 1 aromatic heterocycles. The van der Waals surface area contributed by atoms with Gasteiger partial charge >= 0.3 is 5.97 Å². The smallest absolute Gasteiger partial charge is 0.310 e. The number of carboxylic acid groups (broad SMARTS) is 1. The predicted octanol–water partition coefficient (Wildman–Crippen LogP) is 2.02. The van der Waals surface area contributed by atoms with Gasteiger partial charge in [-0.25, -0.2) is 4.98 Å². The van der Waals surface area contributed by atoms with E-state index in [2.05, 4.69) is 4.98 Å². The van der Waals surface area contributed by atoms with E-state index in [1.165, 1.54) is 6.39 Å². The fourth-order valence-corrected chi connectivity index (χ4v) is 1.39. The molecule has 0 spiro atoms. The van der Waals surface area contributed by atoms with Crippen LogP contribution in [0.4, 0.5) is 0 Å². The van der Waals surface area contributed by atoms with Crippen LogP contribution in [0.25, 0.3) is 11.1 Å². The van der Waals surface area contributed by atoms with Gasteiger partial charge in [-0.3, -0.25) is 4.79 Å². The van der Waals surface area contributed by atoms with Gasteiger partial charge in [-0.1, -0.05) is 12.1 Å². The summed E-state index contributed by atoms with van der Waals surface area (Å²) in [5, 5.41) is 8.87. The number of fused-ring (bicyclic) bond motifs is 1. The van der Waals surface area contributed by atoms with Gasteiger partial charge in [0, 0.05) is 0 Å². The molecule has 0 saturated heterocycles. The number of aliphatic carboxylic acids is 1. The van der Waals surface area contributed by atoms with E-state index in [9.17, 15) is 4.79 Å². The number of carboxylic acids is 1. The summed E-state index contributed by atoms with van der Waals surface area (Å²) < 4.78 is 5.08. The number of carbonyl (C=O) groups is 1. The zero-order valence-corrected chi connectivity index (χ0v) is 7.60. The second kappa shape index (κ2) is 3.14. The van der Waals surface area contributed by atoms with Crippen molar-refractivity contribution in [1.29, 1.82) is 0 Å². The van der Waals surface area contributed by atoms with E-state index in [1.54, 1.807) is 25.1 Å². The van der Waals surface area contributed by atoms with E-state index in [1.807, 2.05) is 0 Å². The molecule has 1 aromatic carbocycles. The molecule has 0 bridgehead atoms. The van der Waals surface area contributed by atoms with Crippen LogP contribution in [-0.2, 0) is 4.79 Å². The number of rotatable bonds is 2. The molecule has 0 aliphatic rings. The topological polar surface area (TPSA) is 63.3 Å². The molecule has 72 valence electrons. The molecule has 0 unspecified atom stereocenters. The van der Waals surface area contributed by atoms with E-state index >= 15 is 0 Å². The van der Waals surface area contributed by atoms with Gasteiger partial charge in [0.15, 0.2) is 12.0 Å². The second-order valence-corrected chi connectivity index (χ2v) is 3.11. The Hall–Kier alpha value is -1.84. The highest BCUT2D eigenvalue weighted by Crippen LogP contribution is 2.24. The van der Waals surface area contributed by atoms with E-state index in [4.69, 9.17) is 9.52 Å². The molecule has 1 heterocycles. The fourth-order valence-electron chi connectivity index (χ4n) is 1.39. The van der Waals surface area contributed by atoms with Crippen LogP contribution in [0.1, 0.15) is 18.4 Å².